The van der Waals surface area contributed by atoms with Crippen molar-refractivity contribution in [3.63, 3.8) is 0 Å². The number of benzene rings is 1. The first-order valence-corrected chi connectivity index (χ1v) is 3.99. The van der Waals surface area contributed by atoms with Crippen LogP contribution in [-0.4, -0.2) is 18.3 Å². The van der Waals surface area contributed by atoms with Gasteiger partial charge in [0.2, 0.25) is 0 Å². The molecule has 0 radical (unpaired) electrons. The first-order chi connectivity index (χ1) is 5.83. The molecule has 0 amide bonds. The molecule has 0 aliphatic carbocycles. The van der Waals surface area contributed by atoms with Crippen LogP contribution >= 0.6 is 0 Å². The van der Waals surface area contributed by atoms with Gasteiger partial charge in [0.05, 0.1) is 6.61 Å². The molecule has 12 heavy (non-hydrogen) atoms. The summed E-state index contributed by atoms with van der Waals surface area (Å²) in [6.45, 7) is 1.54. The summed E-state index contributed by atoms with van der Waals surface area (Å²) >= 11 is 0. The van der Waals surface area contributed by atoms with E-state index in [0.717, 1.165) is 17.8 Å². The highest BCUT2D eigenvalue weighted by atomic mass is 16.3. The average molecular weight is 166 g/mol. The summed E-state index contributed by atoms with van der Waals surface area (Å²) in [5.74, 6) is 0. The third-order valence-corrected chi connectivity index (χ3v) is 1.57. The van der Waals surface area contributed by atoms with Crippen molar-refractivity contribution in [1.82, 2.24) is 5.32 Å². The highest BCUT2D eigenvalue weighted by molar-refractivity contribution is 5.40. The van der Waals surface area contributed by atoms with Crippen molar-refractivity contribution in [3.8, 4) is 0 Å². The predicted octanol–water partition coefficient (Wildman–Crippen LogP) is 0.351. The fourth-order valence-corrected chi connectivity index (χ4v) is 1.01. The van der Waals surface area contributed by atoms with Crippen molar-refractivity contribution in [3.05, 3.63) is 29.8 Å². The molecule has 0 heterocycles. The van der Waals surface area contributed by atoms with Gasteiger partial charge < -0.3 is 16.2 Å². The van der Waals surface area contributed by atoms with E-state index in [1.54, 1.807) is 0 Å². The maximum Gasteiger partial charge on any atom is 0.0556 e. The quantitative estimate of drug-likeness (QED) is 0.447. The van der Waals surface area contributed by atoms with Gasteiger partial charge in [-0.2, -0.15) is 0 Å². The average Bonchev–Trinajstić information content (AvgIpc) is 2.05. The van der Waals surface area contributed by atoms with Gasteiger partial charge in [-0.25, -0.2) is 0 Å². The third kappa shape index (κ3) is 2.90. The van der Waals surface area contributed by atoms with Gasteiger partial charge in [0.1, 0.15) is 0 Å². The Morgan fingerprint density at radius 1 is 1.42 bits per heavy atom. The highest BCUT2D eigenvalue weighted by Crippen LogP contribution is 2.05. The van der Waals surface area contributed by atoms with Crippen LogP contribution in [0.4, 0.5) is 5.69 Å². The molecule has 0 aliphatic heterocycles. The Morgan fingerprint density at radius 3 is 2.92 bits per heavy atom. The van der Waals surface area contributed by atoms with Gasteiger partial charge in [-0.3, -0.25) is 0 Å². The number of anilines is 1. The lowest BCUT2D eigenvalue weighted by Crippen LogP contribution is -2.17. The van der Waals surface area contributed by atoms with E-state index in [0.29, 0.717) is 6.54 Å². The monoisotopic (exact) mass is 166 g/mol. The third-order valence-electron chi connectivity index (χ3n) is 1.57. The molecule has 3 nitrogen and oxygen atoms in total. The molecule has 0 aromatic heterocycles. The zero-order chi connectivity index (χ0) is 8.81. The minimum Gasteiger partial charge on any atom is -0.399 e. The second-order valence-electron chi connectivity index (χ2n) is 2.65. The summed E-state index contributed by atoms with van der Waals surface area (Å²) in [6, 6.07) is 7.70. The van der Waals surface area contributed by atoms with Gasteiger partial charge in [-0.1, -0.05) is 12.1 Å². The minimum absolute atomic E-state index is 0.169. The Balaban J connectivity index is 2.41. The summed E-state index contributed by atoms with van der Waals surface area (Å²) < 4.78 is 0. The van der Waals surface area contributed by atoms with Crippen molar-refractivity contribution in [2.75, 3.05) is 18.9 Å². The molecule has 0 spiro atoms. The Bertz CT molecular complexity index is 238. The van der Waals surface area contributed by atoms with Crippen LogP contribution in [0.15, 0.2) is 24.3 Å². The summed E-state index contributed by atoms with van der Waals surface area (Å²) in [6.07, 6.45) is 0. The molecule has 1 aromatic rings. The van der Waals surface area contributed by atoms with Crippen LogP contribution in [0.1, 0.15) is 5.56 Å². The highest BCUT2D eigenvalue weighted by Gasteiger charge is 1.91. The SMILES string of the molecule is Nc1cccc(CNCCO)c1. The fraction of sp³-hybridized carbons (Fsp3) is 0.333. The Morgan fingerprint density at radius 2 is 2.25 bits per heavy atom. The van der Waals surface area contributed by atoms with Crippen molar-refractivity contribution in [2.24, 2.45) is 0 Å². The second-order valence-corrected chi connectivity index (χ2v) is 2.65. The van der Waals surface area contributed by atoms with Gasteiger partial charge in [0.15, 0.2) is 0 Å². The molecule has 1 aromatic carbocycles. The minimum atomic E-state index is 0.169. The first-order valence-electron chi connectivity index (χ1n) is 3.99. The Labute approximate surface area is 72.2 Å². The van der Waals surface area contributed by atoms with Crippen LogP contribution in [0, 0.1) is 0 Å². The van der Waals surface area contributed by atoms with Crippen LogP contribution in [-0.2, 0) is 6.54 Å². The lowest BCUT2D eigenvalue weighted by Gasteiger charge is -2.03. The topological polar surface area (TPSA) is 58.3 Å². The summed E-state index contributed by atoms with van der Waals surface area (Å²) in [5, 5.41) is 11.6. The number of nitrogens with two attached hydrogens (primary N) is 1. The smallest absolute Gasteiger partial charge is 0.0556 e. The van der Waals surface area contributed by atoms with Crippen molar-refractivity contribution in [1.29, 1.82) is 0 Å². The van der Waals surface area contributed by atoms with Crippen molar-refractivity contribution in [2.45, 2.75) is 6.54 Å². The van der Waals surface area contributed by atoms with E-state index < -0.39 is 0 Å². The van der Waals surface area contributed by atoms with E-state index in [1.165, 1.54) is 0 Å². The lowest BCUT2D eigenvalue weighted by molar-refractivity contribution is 0.292. The number of nitrogens with one attached hydrogen (secondary N) is 1. The van der Waals surface area contributed by atoms with Gasteiger partial charge in [-0.15, -0.1) is 0 Å². The lowest BCUT2D eigenvalue weighted by atomic mass is 10.2. The Hall–Kier alpha value is -1.06. The van der Waals surface area contributed by atoms with E-state index >= 15 is 0 Å². The van der Waals surface area contributed by atoms with Gasteiger partial charge in [0, 0.05) is 18.8 Å². The molecule has 0 unspecified atom stereocenters. The molecule has 66 valence electrons. The van der Waals surface area contributed by atoms with Crippen molar-refractivity contribution >= 4 is 5.69 Å². The molecule has 0 atom stereocenters. The normalized spacial score (nSPS) is 10.1. The van der Waals surface area contributed by atoms with Crippen LogP contribution in [0.2, 0.25) is 0 Å². The Kier molecular flexibility index (Phi) is 3.57. The predicted molar refractivity (Wildman–Crippen MR) is 49.6 cm³/mol. The van der Waals surface area contributed by atoms with Crippen LogP contribution in [0.5, 0.6) is 0 Å². The molecule has 4 N–H and O–H groups in total. The van der Waals surface area contributed by atoms with Crippen molar-refractivity contribution < 1.29 is 5.11 Å². The van der Waals surface area contributed by atoms with E-state index in [2.05, 4.69) is 5.32 Å². The zero-order valence-corrected chi connectivity index (χ0v) is 6.96. The van der Waals surface area contributed by atoms with E-state index in [1.807, 2.05) is 24.3 Å². The molecule has 3 heteroatoms. The molecule has 1 rings (SSSR count). The van der Waals surface area contributed by atoms with Crippen LogP contribution in [0.25, 0.3) is 0 Å². The molecule has 0 aliphatic rings. The fourth-order valence-electron chi connectivity index (χ4n) is 1.01. The second kappa shape index (κ2) is 4.74. The molecule has 0 saturated heterocycles. The number of hydrogen-bond acceptors (Lipinski definition) is 3. The summed E-state index contributed by atoms with van der Waals surface area (Å²) in [4.78, 5) is 0. The van der Waals surface area contributed by atoms with E-state index in [-0.39, 0.29) is 6.61 Å². The largest absolute Gasteiger partial charge is 0.399 e. The molecular formula is C9H14N2O. The number of aliphatic hydroxyl groups is 1. The summed E-state index contributed by atoms with van der Waals surface area (Å²) in [5.41, 5.74) is 7.50. The molecule has 0 fully saturated rings. The zero-order valence-electron chi connectivity index (χ0n) is 6.96. The molecular weight excluding hydrogens is 152 g/mol. The van der Waals surface area contributed by atoms with Gasteiger partial charge in [-0.05, 0) is 17.7 Å². The maximum absolute atomic E-state index is 8.51. The van der Waals surface area contributed by atoms with Crippen LogP contribution in [0.3, 0.4) is 0 Å². The molecule has 0 bridgehead atoms. The van der Waals surface area contributed by atoms with Crippen LogP contribution < -0.4 is 11.1 Å². The van der Waals surface area contributed by atoms with Gasteiger partial charge >= 0.3 is 0 Å². The number of nitrogen functional groups attached to an aromatic ring is 1. The summed E-state index contributed by atoms with van der Waals surface area (Å²) in [7, 11) is 0. The number of rotatable bonds is 4. The van der Waals surface area contributed by atoms with E-state index in [9.17, 15) is 0 Å². The number of hydrogen-bond donors (Lipinski definition) is 3. The molecule has 0 saturated carbocycles. The first kappa shape index (κ1) is 9.03. The standard InChI is InChI=1S/C9H14N2O/c10-9-3-1-2-8(6-9)7-11-4-5-12/h1-3,6,11-12H,4-5,7,10H2. The maximum atomic E-state index is 8.51. The van der Waals surface area contributed by atoms with Gasteiger partial charge in [0.25, 0.3) is 0 Å². The number of aliphatic hydroxyl groups excluding tert-OH is 1. The van der Waals surface area contributed by atoms with E-state index in [4.69, 9.17) is 10.8 Å².